The van der Waals surface area contributed by atoms with Crippen LogP contribution >= 0.6 is 12.4 Å². The Morgan fingerprint density at radius 1 is 1.03 bits per heavy atom. The highest BCUT2D eigenvalue weighted by Gasteiger charge is 2.22. The van der Waals surface area contributed by atoms with E-state index in [0.29, 0.717) is 12.1 Å². The molecule has 1 atom stereocenters. The predicted molar refractivity (Wildman–Crippen MR) is 123 cm³/mol. The minimum atomic E-state index is -0.410. The summed E-state index contributed by atoms with van der Waals surface area (Å²) in [6, 6.07) is 15.8. The van der Waals surface area contributed by atoms with Crippen LogP contribution in [0.3, 0.4) is 0 Å². The van der Waals surface area contributed by atoms with Crippen molar-refractivity contribution in [2.45, 2.75) is 46.2 Å². The molecule has 0 aliphatic heterocycles. The van der Waals surface area contributed by atoms with E-state index in [1.165, 1.54) is 12.1 Å². The zero-order valence-corrected chi connectivity index (χ0v) is 18.8. The average molecular weight is 434 g/mol. The summed E-state index contributed by atoms with van der Waals surface area (Å²) in [5, 5.41) is 10.9. The highest BCUT2D eigenvalue weighted by Crippen LogP contribution is 2.19. The molecule has 1 unspecified atom stereocenters. The van der Waals surface area contributed by atoms with Crippen molar-refractivity contribution >= 4 is 24.0 Å². The van der Waals surface area contributed by atoms with E-state index in [1.807, 2.05) is 35.2 Å². The van der Waals surface area contributed by atoms with Gasteiger partial charge in [0.1, 0.15) is 0 Å². The lowest BCUT2D eigenvalue weighted by molar-refractivity contribution is -0.384. The molecule has 2 aromatic rings. The first-order valence-electron chi connectivity index (χ1n) is 10.3. The van der Waals surface area contributed by atoms with Crippen molar-refractivity contribution in [1.82, 2.24) is 9.80 Å². The van der Waals surface area contributed by atoms with E-state index in [4.69, 9.17) is 0 Å². The first-order valence-corrected chi connectivity index (χ1v) is 10.3. The molecule has 0 aromatic heterocycles. The molecule has 0 saturated carbocycles. The monoisotopic (exact) mass is 433 g/mol. The smallest absolute Gasteiger partial charge is 0.269 e. The Morgan fingerprint density at radius 3 is 2.17 bits per heavy atom. The molecule has 2 aromatic carbocycles. The van der Waals surface area contributed by atoms with Crippen LogP contribution in [0.2, 0.25) is 0 Å². The van der Waals surface area contributed by atoms with Crippen molar-refractivity contribution in [2.24, 2.45) is 0 Å². The minimum absolute atomic E-state index is 0. The van der Waals surface area contributed by atoms with Gasteiger partial charge >= 0.3 is 0 Å². The molecule has 0 spiro atoms. The molecule has 2 rings (SSSR count). The highest BCUT2D eigenvalue weighted by molar-refractivity contribution is 5.94. The van der Waals surface area contributed by atoms with Gasteiger partial charge in [-0.15, -0.1) is 12.4 Å². The topological polar surface area (TPSA) is 66.7 Å². The lowest BCUT2D eigenvalue weighted by Crippen LogP contribution is -2.38. The quantitative estimate of drug-likeness (QED) is 0.362. The van der Waals surface area contributed by atoms with E-state index in [1.54, 1.807) is 12.1 Å². The van der Waals surface area contributed by atoms with Gasteiger partial charge in [0.05, 0.1) is 4.92 Å². The second-order valence-electron chi connectivity index (χ2n) is 7.24. The molecule has 164 valence electrons. The van der Waals surface area contributed by atoms with Crippen LogP contribution in [-0.4, -0.2) is 46.3 Å². The molecular weight excluding hydrogens is 402 g/mol. The Hall–Kier alpha value is -2.44. The molecule has 1 amide bonds. The third-order valence-corrected chi connectivity index (χ3v) is 5.30. The Morgan fingerprint density at radius 2 is 1.63 bits per heavy atom. The summed E-state index contributed by atoms with van der Waals surface area (Å²) in [7, 11) is 0. The standard InChI is InChI=1S/C23H31N3O3.ClH/c1-4-24(5-2)17-9-10-19(3)25(23(27)21-11-7-6-8-12-21)18-20-13-15-22(16-14-20)26(28)29;/h6-8,11-16,19H,4-5,9-10,17-18H2,1-3H3;1H. The van der Waals surface area contributed by atoms with E-state index in [9.17, 15) is 14.9 Å². The number of rotatable bonds is 11. The first-order chi connectivity index (χ1) is 14.0. The normalized spacial score (nSPS) is 11.6. The van der Waals surface area contributed by atoms with Gasteiger partial charge in [-0.1, -0.05) is 44.2 Å². The predicted octanol–water partition coefficient (Wildman–Crippen LogP) is 5.17. The molecule has 6 nitrogen and oxygen atoms in total. The average Bonchev–Trinajstić information content (AvgIpc) is 2.75. The summed E-state index contributed by atoms with van der Waals surface area (Å²) in [6.45, 7) is 9.90. The fourth-order valence-electron chi connectivity index (χ4n) is 3.40. The van der Waals surface area contributed by atoms with Crippen molar-refractivity contribution in [3.63, 3.8) is 0 Å². The van der Waals surface area contributed by atoms with Gasteiger partial charge in [0.2, 0.25) is 0 Å². The SMILES string of the molecule is CCN(CC)CCCC(C)N(Cc1ccc([N+](=O)[O-])cc1)C(=O)c1ccccc1.Cl. The molecule has 0 fully saturated rings. The number of carbonyl (C=O) groups excluding carboxylic acids is 1. The van der Waals surface area contributed by atoms with Gasteiger partial charge in [0.25, 0.3) is 11.6 Å². The molecule has 0 heterocycles. The van der Waals surface area contributed by atoms with Gasteiger partial charge in [-0.2, -0.15) is 0 Å². The van der Waals surface area contributed by atoms with Crippen LogP contribution in [0.1, 0.15) is 49.5 Å². The molecule has 0 radical (unpaired) electrons. The molecule has 30 heavy (non-hydrogen) atoms. The number of nitro groups is 1. The molecule has 0 N–H and O–H groups in total. The lowest BCUT2D eigenvalue weighted by Gasteiger charge is -2.30. The number of hydrogen-bond acceptors (Lipinski definition) is 4. The second kappa shape index (κ2) is 13.0. The summed E-state index contributed by atoms with van der Waals surface area (Å²) < 4.78 is 0. The van der Waals surface area contributed by atoms with Crippen LogP contribution in [0.25, 0.3) is 0 Å². The van der Waals surface area contributed by atoms with Gasteiger partial charge in [-0.25, -0.2) is 0 Å². The Balaban J connectivity index is 0.00000450. The van der Waals surface area contributed by atoms with Crippen molar-refractivity contribution in [3.8, 4) is 0 Å². The van der Waals surface area contributed by atoms with Crippen LogP contribution in [0.15, 0.2) is 54.6 Å². The molecular formula is C23H32ClN3O3. The number of nitro benzene ring substituents is 1. The molecule has 0 bridgehead atoms. The van der Waals surface area contributed by atoms with Crippen molar-refractivity contribution < 1.29 is 9.72 Å². The number of halogens is 1. The van der Waals surface area contributed by atoms with Crippen LogP contribution in [0.4, 0.5) is 5.69 Å². The van der Waals surface area contributed by atoms with E-state index < -0.39 is 4.92 Å². The molecule has 7 heteroatoms. The molecule has 0 aliphatic carbocycles. The maximum atomic E-state index is 13.2. The van der Waals surface area contributed by atoms with E-state index in [2.05, 4.69) is 25.7 Å². The van der Waals surface area contributed by atoms with Gasteiger partial charge < -0.3 is 9.80 Å². The van der Waals surface area contributed by atoms with Gasteiger partial charge in [0, 0.05) is 30.3 Å². The summed E-state index contributed by atoms with van der Waals surface area (Å²) in [5.74, 6) is -0.0145. The van der Waals surface area contributed by atoms with E-state index in [0.717, 1.165) is 38.0 Å². The van der Waals surface area contributed by atoms with Crippen LogP contribution < -0.4 is 0 Å². The summed E-state index contributed by atoms with van der Waals surface area (Å²) in [4.78, 5) is 27.9. The lowest BCUT2D eigenvalue weighted by atomic mass is 10.1. The van der Waals surface area contributed by atoms with Gasteiger partial charge in [-0.05, 0) is 57.1 Å². The maximum Gasteiger partial charge on any atom is 0.269 e. The second-order valence-corrected chi connectivity index (χ2v) is 7.24. The van der Waals surface area contributed by atoms with Gasteiger partial charge in [-0.3, -0.25) is 14.9 Å². The Bertz CT molecular complexity index is 780. The number of hydrogen-bond donors (Lipinski definition) is 0. The zero-order chi connectivity index (χ0) is 21.2. The van der Waals surface area contributed by atoms with Crippen molar-refractivity contribution in [3.05, 3.63) is 75.8 Å². The fourth-order valence-corrected chi connectivity index (χ4v) is 3.40. The van der Waals surface area contributed by atoms with E-state index in [-0.39, 0.29) is 30.0 Å². The summed E-state index contributed by atoms with van der Waals surface area (Å²) in [5.41, 5.74) is 1.60. The highest BCUT2D eigenvalue weighted by atomic mass is 35.5. The first kappa shape index (κ1) is 25.6. The Kier molecular flexibility index (Phi) is 11.1. The summed E-state index contributed by atoms with van der Waals surface area (Å²) in [6.07, 6.45) is 1.92. The number of amides is 1. The number of carbonyl (C=O) groups is 1. The summed E-state index contributed by atoms with van der Waals surface area (Å²) >= 11 is 0. The number of non-ortho nitro benzene ring substituents is 1. The van der Waals surface area contributed by atoms with Crippen LogP contribution in [0, 0.1) is 10.1 Å². The Labute approximate surface area is 185 Å². The largest absolute Gasteiger partial charge is 0.332 e. The third-order valence-electron chi connectivity index (χ3n) is 5.30. The van der Waals surface area contributed by atoms with Crippen LogP contribution in [-0.2, 0) is 6.54 Å². The van der Waals surface area contributed by atoms with Crippen LogP contribution in [0.5, 0.6) is 0 Å². The fraction of sp³-hybridized carbons (Fsp3) is 0.435. The van der Waals surface area contributed by atoms with Gasteiger partial charge in [0.15, 0.2) is 0 Å². The van der Waals surface area contributed by atoms with Crippen molar-refractivity contribution in [2.75, 3.05) is 19.6 Å². The van der Waals surface area contributed by atoms with E-state index >= 15 is 0 Å². The number of benzene rings is 2. The molecule has 0 aliphatic rings. The maximum absolute atomic E-state index is 13.2. The zero-order valence-electron chi connectivity index (χ0n) is 18.0. The number of nitrogens with zero attached hydrogens (tertiary/aromatic N) is 3. The minimum Gasteiger partial charge on any atom is -0.332 e. The third kappa shape index (κ3) is 7.43. The van der Waals surface area contributed by atoms with Crippen molar-refractivity contribution in [1.29, 1.82) is 0 Å². The molecule has 0 saturated heterocycles.